The molecule has 0 aromatic carbocycles. The van der Waals surface area contributed by atoms with E-state index in [4.69, 9.17) is 4.74 Å². The van der Waals surface area contributed by atoms with Gasteiger partial charge in [0.05, 0.1) is 5.69 Å². The van der Waals surface area contributed by atoms with Crippen molar-refractivity contribution in [1.82, 2.24) is 14.9 Å². The van der Waals surface area contributed by atoms with Crippen molar-refractivity contribution in [3.8, 4) is 0 Å². The van der Waals surface area contributed by atoms with Crippen molar-refractivity contribution in [2.45, 2.75) is 26.7 Å². The maximum absolute atomic E-state index is 11.7. The summed E-state index contributed by atoms with van der Waals surface area (Å²) >= 11 is 1.15. The van der Waals surface area contributed by atoms with E-state index in [0.29, 0.717) is 24.6 Å². The fourth-order valence-electron chi connectivity index (χ4n) is 1.21. The van der Waals surface area contributed by atoms with Gasteiger partial charge in [-0.2, -0.15) is 0 Å². The summed E-state index contributed by atoms with van der Waals surface area (Å²) in [5, 5.41) is 6.73. The van der Waals surface area contributed by atoms with Crippen molar-refractivity contribution in [2.75, 3.05) is 19.8 Å². The highest BCUT2D eigenvalue weighted by Gasteiger charge is 2.13. The molecule has 6 heteroatoms. The smallest absolute Gasteiger partial charge is 0.264 e. The lowest BCUT2D eigenvalue weighted by molar-refractivity contribution is 0.0947. The molecule has 0 saturated carbocycles. The number of carbonyl (C=O) groups is 1. The zero-order chi connectivity index (χ0) is 11.8. The molecule has 1 amide bonds. The van der Waals surface area contributed by atoms with Crippen molar-refractivity contribution < 1.29 is 9.53 Å². The topological polar surface area (TPSA) is 64.1 Å². The van der Waals surface area contributed by atoms with Gasteiger partial charge in [0.1, 0.15) is 4.88 Å². The first-order valence-electron chi connectivity index (χ1n) is 5.46. The number of hydrogen-bond donors (Lipinski definition) is 1. The predicted molar refractivity (Wildman–Crippen MR) is 62.7 cm³/mol. The van der Waals surface area contributed by atoms with Crippen molar-refractivity contribution >= 4 is 17.4 Å². The van der Waals surface area contributed by atoms with Crippen LogP contribution in [0, 0.1) is 0 Å². The van der Waals surface area contributed by atoms with Gasteiger partial charge in [0.15, 0.2) is 0 Å². The van der Waals surface area contributed by atoms with E-state index in [0.717, 1.165) is 30.1 Å². The summed E-state index contributed by atoms with van der Waals surface area (Å²) < 4.78 is 8.96. The summed E-state index contributed by atoms with van der Waals surface area (Å²) in [5.41, 5.74) is 0.771. The minimum Gasteiger partial charge on any atom is -0.382 e. The molecule has 16 heavy (non-hydrogen) atoms. The van der Waals surface area contributed by atoms with Gasteiger partial charge < -0.3 is 10.1 Å². The van der Waals surface area contributed by atoms with Gasteiger partial charge in [-0.25, -0.2) is 0 Å². The summed E-state index contributed by atoms with van der Waals surface area (Å²) in [6.45, 7) is 5.93. The zero-order valence-electron chi connectivity index (χ0n) is 9.65. The Bertz CT molecular complexity index is 328. The molecule has 0 atom stereocenters. The van der Waals surface area contributed by atoms with Crippen molar-refractivity contribution in [3.63, 3.8) is 0 Å². The number of hydrogen-bond acceptors (Lipinski definition) is 5. The second-order valence-corrected chi connectivity index (χ2v) is 3.96. The number of aromatic nitrogens is 2. The Morgan fingerprint density at radius 2 is 2.31 bits per heavy atom. The maximum Gasteiger partial charge on any atom is 0.264 e. The first kappa shape index (κ1) is 13.1. The van der Waals surface area contributed by atoms with Crippen LogP contribution in [0.15, 0.2) is 0 Å². The van der Waals surface area contributed by atoms with E-state index in [1.807, 2.05) is 13.8 Å². The second kappa shape index (κ2) is 7.29. The third-order valence-corrected chi connectivity index (χ3v) is 2.82. The van der Waals surface area contributed by atoms with E-state index >= 15 is 0 Å². The van der Waals surface area contributed by atoms with Crippen LogP contribution >= 0.6 is 11.5 Å². The summed E-state index contributed by atoms with van der Waals surface area (Å²) in [6.07, 6.45) is 1.56. The van der Waals surface area contributed by atoms with E-state index < -0.39 is 0 Å². The number of carbonyl (C=O) groups excluding carboxylic acids is 1. The monoisotopic (exact) mass is 243 g/mol. The molecule has 1 rings (SSSR count). The van der Waals surface area contributed by atoms with E-state index in [1.54, 1.807) is 0 Å². The van der Waals surface area contributed by atoms with Crippen LogP contribution in [0.4, 0.5) is 0 Å². The van der Waals surface area contributed by atoms with Gasteiger partial charge in [-0.1, -0.05) is 11.4 Å². The Balaban J connectivity index is 2.30. The summed E-state index contributed by atoms with van der Waals surface area (Å²) in [4.78, 5) is 12.3. The quantitative estimate of drug-likeness (QED) is 0.732. The fraction of sp³-hybridized carbons (Fsp3) is 0.700. The van der Waals surface area contributed by atoms with Crippen LogP contribution in [0.25, 0.3) is 0 Å². The van der Waals surface area contributed by atoms with Crippen molar-refractivity contribution in [3.05, 3.63) is 10.6 Å². The summed E-state index contributed by atoms with van der Waals surface area (Å²) in [5.74, 6) is -0.0802. The minimum absolute atomic E-state index is 0.0802. The van der Waals surface area contributed by atoms with Gasteiger partial charge in [-0.15, -0.1) is 5.10 Å². The standard InChI is InChI=1S/C10H17N3O2S/c1-3-8-9(16-13-12-8)10(14)11-6-5-7-15-4-2/h3-7H2,1-2H3,(H,11,14). The Morgan fingerprint density at radius 1 is 1.50 bits per heavy atom. The number of ether oxygens (including phenoxy) is 1. The number of rotatable bonds is 7. The van der Waals surface area contributed by atoms with Crippen LogP contribution in [0.3, 0.4) is 0 Å². The van der Waals surface area contributed by atoms with Crippen LogP contribution in [-0.4, -0.2) is 35.3 Å². The predicted octanol–water partition coefficient (Wildman–Crippen LogP) is 1.26. The third kappa shape index (κ3) is 3.86. The van der Waals surface area contributed by atoms with Gasteiger partial charge in [0.2, 0.25) is 0 Å². The van der Waals surface area contributed by atoms with E-state index in [9.17, 15) is 4.79 Å². The molecular weight excluding hydrogens is 226 g/mol. The SMILES string of the molecule is CCOCCCNC(=O)c1snnc1CC. The molecule has 0 aliphatic heterocycles. The number of nitrogens with zero attached hydrogens (tertiary/aromatic N) is 2. The van der Waals surface area contributed by atoms with Gasteiger partial charge in [-0.05, 0) is 31.3 Å². The van der Waals surface area contributed by atoms with Crippen molar-refractivity contribution in [1.29, 1.82) is 0 Å². The summed E-state index contributed by atoms with van der Waals surface area (Å²) in [6, 6.07) is 0. The molecule has 0 aliphatic rings. The zero-order valence-corrected chi connectivity index (χ0v) is 10.5. The summed E-state index contributed by atoms with van der Waals surface area (Å²) in [7, 11) is 0. The molecule has 0 bridgehead atoms. The number of amides is 1. The van der Waals surface area contributed by atoms with Crippen molar-refractivity contribution in [2.24, 2.45) is 0 Å². The molecule has 1 aromatic rings. The lowest BCUT2D eigenvalue weighted by Gasteiger charge is -2.04. The molecule has 1 heterocycles. The van der Waals surface area contributed by atoms with Crippen LogP contribution in [0.5, 0.6) is 0 Å². The molecule has 5 nitrogen and oxygen atoms in total. The highest BCUT2D eigenvalue weighted by Crippen LogP contribution is 2.10. The van der Waals surface area contributed by atoms with Gasteiger partial charge in [0, 0.05) is 19.8 Å². The van der Waals surface area contributed by atoms with Crippen LogP contribution in [0.2, 0.25) is 0 Å². The average Bonchev–Trinajstić information content (AvgIpc) is 2.76. The first-order chi connectivity index (χ1) is 7.79. The number of nitrogens with one attached hydrogen (secondary N) is 1. The molecule has 90 valence electrons. The highest BCUT2D eigenvalue weighted by molar-refractivity contribution is 7.08. The Morgan fingerprint density at radius 3 is 3.00 bits per heavy atom. The fourth-order valence-corrected chi connectivity index (χ4v) is 1.88. The van der Waals surface area contributed by atoms with Crippen LogP contribution in [0.1, 0.15) is 35.6 Å². The third-order valence-electron chi connectivity index (χ3n) is 2.05. The van der Waals surface area contributed by atoms with Gasteiger partial charge >= 0.3 is 0 Å². The lowest BCUT2D eigenvalue weighted by atomic mass is 10.3. The minimum atomic E-state index is -0.0802. The van der Waals surface area contributed by atoms with E-state index in [2.05, 4.69) is 14.9 Å². The van der Waals surface area contributed by atoms with Gasteiger partial charge in [0.25, 0.3) is 5.91 Å². The maximum atomic E-state index is 11.7. The molecule has 0 unspecified atom stereocenters. The molecule has 0 saturated heterocycles. The lowest BCUT2D eigenvalue weighted by Crippen LogP contribution is -2.25. The molecule has 0 aliphatic carbocycles. The molecule has 0 radical (unpaired) electrons. The average molecular weight is 243 g/mol. The Hall–Kier alpha value is -1.01. The molecule has 1 aromatic heterocycles. The van der Waals surface area contributed by atoms with E-state index in [-0.39, 0.29) is 5.91 Å². The Labute approximate surface area is 99.4 Å². The normalized spacial score (nSPS) is 10.4. The van der Waals surface area contributed by atoms with E-state index in [1.165, 1.54) is 0 Å². The molecule has 1 N–H and O–H groups in total. The molecule has 0 fully saturated rings. The van der Waals surface area contributed by atoms with Crippen LogP contribution < -0.4 is 5.32 Å². The molecular formula is C10H17N3O2S. The number of aryl methyl sites for hydroxylation is 1. The van der Waals surface area contributed by atoms with Gasteiger partial charge in [-0.3, -0.25) is 4.79 Å². The highest BCUT2D eigenvalue weighted by atomic mass is 32.1. The molecule has 0 spiro atoms. The second-order valence-electron chi connectivity index (χ2n) is 3.21. The first-order valence-corrected chi connectivity index (χ1v) is 6.24. The van der Waals surface area contributed by atoms with Crippen LogP contribution in [-0.2, 0) is 11.2 Å². The largest absolute Gasteiger partial charge is 0.382 e. The Kier molecular flexibility index (Phi) is 5.95.